The smallest absolute Gasteiger partial charge is 0.0640 e. The summed E-state index contributed by atoms with van der Waals surface area (Å²) in [6.45, 7) is 0.661. The molecular weight excluding hydrogens is 256 g/mol. The van der Waals surface area contributed by atoms with Gasteiger partial charge in [0.25, 0.3) is 0 Å². The van der Waals surface area contributed by atoms with Gasteiger partial charge in [0.1, 0.15) is 0 Å². The molecule has 0 saturated heterocycles. The predicted molar refractivity (Wildman–Crippen MR) is 79.7 cm³/mol. The molecule has 2 nitrogen and oxygen atoms in total. The molecule has 0 aliphatic heterocycles. The largest absolute Gasteiger partial charge is 0.340 e. The van der Waals surface area contributed by atoms with E-state index in [2.05, 4.69) is 11.0 Å². The number of hydrogen-bond acceptors (Lipinski definition) is 2. The first-order valence-corrected chi connectivity index (χ1v) is 6.73. The first-order chi connectivity index (χ1) is 9.36. The van der Waals surface area contributed by atoms with E-state index in [1.165, 1.54) is 0 Å². The van der Waals surface area contributed by atoms with Gasteiger partial charge in [-0.05, 0) is 23.8 Å². The lowest BCUT2D eigenvalue weighted by molar-refractivity contribution is 0.942. The Morgan fingerprint density at radius 1 is 1.00 bits per heavy atom. The van der Waals surface area contributed by atoms with E-state index in [4.69, 9.17) is 16.9 Å². The monoisotopic (exact) mass is 270 g/mol. The topological polar surface area (TPSA) is 27.0 Å². The van der Waals surface area contributed by atoms with Gasteiger partial charge in [-0.25, -0.2) is 0 Å². The zero-order chi connectivity index (χ0) is 13.5. The fourth-order valence-corrected chi connectivity index (χ4v) is 2.27. The molecule has 0 fully saturated rings. The van der Waals surface area contributed by atoms with Crippen LogP contribution < -0.4 is 4.90 Å². The number of anilines is 2. The van der Waals surface area contributed by atoms with E-state index in [-0.39, 0.29) is 0 Å². The van der Waals surface area contributed by atoms with Gasteiger partial charge in [0.15, 0.2) is 0 Å². The van der Waals surface area contributed by atoms with Gasteiger partial charge in [-0.15, -0.1) is 11.6 Å². The average Bonchev–Trinajstić information content (AvgIpc) is 2.49. The zero-order valence-electron chi connectivity index (χ0n) is 10.6. The molecule has 0 N–H and O–H groups in total. The first kappa shape index (κ1) is 13.5. The molecule has 0 atom stereocenters. The van der Waals surface area contributed by atoms with Gasteiger partial charge < -0.3 is 4.90 Å². The average molecular weight is 271 g/mol. The maximum absolute atomic E-state index is 8.83. The summed E-state index contributed by atoms with van der Waals surface area (Å²) >= 11 is 6.01. The Labute approximate surface area is 118 Å². The maximum atomic E-state index is 8.83. The summed E-state index contributed by atoms with van der Waals surface area (Å²) in [7, 11) is 0. The number of para-hydroxylation sites is 2. The Morgan fingerprint density at radius 3 is 2.37 bits per heavy atom. The Balaban J connectivity index is 2.40. The van der Waals surface area contributed by atoms with E-state index < -0.39 is 0 Å². The summed E-state index contributed by atoms with van der Waals surface area (Å²) in [4.78, 5) is 2.14. The van der Waals surface area contributed by atoms with Crippen LogP contribution in [-0.2, 0) is 5.88 Å². The Kier molecular flexibility index (Phi) is 4.83. The third-order valence-electron chi connectivity index (χ3n) is 2.94. The minimum absolute atomic E-state index is 0.464. The first-order valence-electron chi connectivity index (χ1n) is 6.20. The van der Waals surface area contributed by atoms with Crippen LogP contribution in [0.4, 0.5) is 11.4 Å². The number of nitriles is 1. The molecule has 0 heterocycles. The van der Waals surface area contributed by atoms with Crippen molar-refractivity contribution in [1.82, 2.24) is 0 Å². The Morgan fingerprint density at radius 2 is 1.68 bits per heavy atom. The van der Waals surface area contributed by atoms with E-state index in [1.807, 2.05) is 54.6 Å². The highest BCUT2D eigenvalue weighted by Crippen LogP contribution is 2.29. The van der Waals surface area contributed by atoms with Crippen molar-refractivity contribution in [3.8, 4) is 6.07 Å². The second-order valence-electron chi connectivity index (χ2n) is 4.16. The highest BCUT2D eigenvalue weighted by Gasteiger charge is 2.11. The van der Waals surface area contributed by atoms with Gasteiger partial charge in [0.05, 0.1) is 12.5 Å². The second kappa shape index (κ2) is 6.82. The summed E-state index contributed by atoms with van der Waals surface area (Å²) in [5.41, 5.74) is 3.22. The number of rotatable bonds is 5. The summed E-state index contributed by atoms with van der Waals surface area (Å²) in [6.07, 6.45) is 0.478. The van der Waals surface area contributed by atoms with E-state index in [1.54, 1.807) is 0 Å². The standard InChI is InChI=1S/C16H15ClN2/c17-13-14-7-4-5-10-16(14)19(12-6-11-18)15-8-2-1-3-9-15/h1-5,7-10H,6,12-13H2. The molecule has 96 valence electrons. The zero-order valence-corrected chi connectivity index (χ0v) is 11.3. The molecule has 0 saturated carbocycles. The molecule has 2 aromatic carbocycles. The molecule has 0 radical (unpaired) electrons. The lowest BCUT2D eigenvalue weighted by atomic mass is 10.1. The molecule has 0 aliphatic carbocycles. The molecule has 0 bridgehead atoms. The predicted octanol–water partition coefficient (Wildman–Crippen LogP) is 4.48. The molecule has 0 aliphatic rings. The van der Waals surface area contributed by atoms with Gasteiger partial charge in [0.2, 0.25) is 0 Å². The van der Waals surface area contributed by atoms with E-state index >= 15 is 0 Å². The van der Waals surface area contributed by atoms with Crippen molar-refractivity contribution in [2.45, 2.75) is 12.3 Å². The lowest BCUT2D eigenvalue weighted by Gasteiger charge is -2.26. The van der Waals surface area contributed by atoms with Crippen molar-refractivity contribution in [3.63, 3.8) is 0 Å². The number of benzene rings is 2. The van der Waals surface area contributed by atoms with Crippen LogP contribution in [0.15, 0.2) is 54.6 Å². The summed E-state index contributed by atoms with van der Waals surface area (Å²) in [5.74, 6) is 0.464. The van der Waals surface area contributed by atoms with Gasteiger partial charge in [-0.1, -0.05) is 36.4 Å². The highest BCUT2D eigenvalue weighted by molar-refractivity contribution is 6.17. The van der Waals surface area contributed by atoms with Crippen molar-refractivity contribution in [1.29, 1.82) is 5.26 Å². The van der Waals surface area contributed by atoms with Crippen molar-refractivity contribution in [2.24, 2.45) is 0 Å². The van der Waals surface area contributed by atoms with Gasteiger partial charge in [-0.2, -0.15) is 5.26 Å². The number of halogens is 1. The van der Waals surface area contributed by atoms with Crippen LogP contribution in [0.5, 0.6) is 0 Å². The van der Waals surface area contributed by atoms with Crippen LogP contribution in [0, 0.1) is 11.3 Å². The molecule has 3 heteroatoms. The minimum Gasteiger partial charge on any atom is -0.340 e. The van der Waals surface area contributed by atoms with Crippen LogP contribution in [0.25, 0.3) is 0 Å². The third-order valence-corrected chi connectivity index (χ3v) is 3.23. The summed E-state index contributed by atoms with van der Waals surface area (Å²) in [6, 6.07) is 20.3. The third kappa shape index (κ3) is 3.27. The van der Waals surface area contributed by atoms with Crippen LogP contribution in [0.2, 0.25) is 0 Å². The number of alkyl halides is 1. The fourth-order valence-electron chi connectivity index (χ4n) is 2.05. The van der Waals surface area contributed by atoms with E-state index in [9.17, 15) is 0 Å². The van der Waals surface area contributed by atoms with E-state index in [0.29, 0.717) is 18.8 Å². The van der Waals surface area contributed by atoms with Crippen molar-refractivity contribution < 1.29 is 0 Å². The van der Waals surface area contributed by atoms with Gasteiger partial charge in [0, 0.05) is 23.8 Å². The lowest BCUT2D eigenvalue weighted by Crippen LogP contribution is -2.19. The number of hydrogen-bond donors (Lipinski definition) is 0. The van der Waals surface area contributed by atoms with E-state index in [0.717, 1.165) is 16.9 Å². The molecule has 0 unspecified atom stereocenters. The quantitative estimate of drug-likeness (QED) is 0.749. The Hall–Kier alpha value is -1.98. The number of nitrogens with zero attached hydrogens (tertiary/aromatic N) is 2. The van der Waals surface area contributed by atoms with Crippen molar-refractivity contribution >= 4 is 23.0 Å². The molecule has 2 aromatic rings. The second-order valence-corrected chi connectivity index (χ2v) is 4.42. The molecular formula is C16H15ClN2. The SMILES string of the molecule is N#CCCN(c1ccccc1)c1ccccc1CCl. The van der Waals surface area contributed by atoms with Crippen LogP contribution >= 0.6 is 11.6 Å². The molecule has 2 rings (SSSR count). The fraction of sp³-hybridized carbons (Fsp3) is 0.188. The van der Waals surface area contributed by atoms with Crippen molar-refractivity contribution in [2.75, 3.05) is 11.4 Å². The normalized spacial score (nSPS) is 9.89. The molecule has 0 spiro atoms. The Bertz CT molecular complexity index is 560. The van der Waals surface area contributed by atoms with Gasteiger partial charge >= 0.3 is 0 Å². The minimum atomic E-state index is 0.464. The van der Waals surface area contributed by atoms with Crippen molar-refractivity contribution in [3.05, 3.63) is 60.2 Å². The molecule has 19 heavy (non-hydrogen) atoms. The molecule has 0 aromatic heterocycles. The summed E-state index contributed by atoms with van der Waals surface area (Å²) < 4.78 is 0. The maximum Gasteiger partial charge on any atom is 0.0640 e. The summed E-state index contributed by atoms with van der Waals surface area (Å²) in [5, 5.41) is 8.83. The highest BCUT2D eigenvalue weighted by atomic mass is 35.5. The van der Waals surface area contributed by atoms with Crippen LogP contribution in [0.3, 0.4) is 0 Å². The van der Waals surface area contributed by atoms with Crippen LogP contribution in [0.1, 0.15) is 12.0 Å². The van der Waals surface area contributed by atoms with Gasteiger partial charge in [-0.3, -0.25) is 0 Å². The molecule has 0 amide bonds. The van der Waals surface area contributed by atoms with Crippen LogP contribution in [-0.4, -0.2) is 6.54 Å².